The molecule has 0 saturated carbocycles. The Hall–Kier alpha value is -3.32. The highest BCUT2D eigenvalue weighted by Gasteiger charge is 2.50. The number of nitrogens with zero attached hydrogens (tertiary/aromatic N) is 2. The number of benzene rings is 2. The summed E-state index contributed by atoms with van der Waals surface area (Å²) in [4.78, 5) is 41.3. The predicted molar refractivity (Wildman–Crippen MR) is 142 cm³/mol. The van der Waals surface area contributed by atoms with Crippen molar-refractivity contribution >= 4 is 45.0 Å². The van der Waals surface area contributed by atoms with E-state index < -0.39 is 50.6 Å². The molecule has 220 valence electrons. The van der Waals surface area contributed by atoms with E-state index in [1.165, 1.54) is 24.1 Å². The number of carbonyl (C=O) groups excluding carboxylic acids is 3. The topological polar surface area (TPSA) is 113 Å². The fourth-order valence-corrected chi connectivity index (χ4v) is 8.53. The van der Waals surface area contributed by atoms with Gasteiger partial charge in [-0.2, -0.15) is 0 Å². The number of amides is 3. The highest BCUT2D eigenvalue weighted by molar-refractivity contribution is 7.92. The van der Waals surface area contributed by atoms with E-state index in [0.717, 1.165) is 6.07 Å². The van der Waals surface area contributed by atoms with Crippen LogP contribution in [0.25, 0.3) is 0 Å². The van der Waals surface area contributed by atoms with Gasteiger partial charge >= 0.3 is 6.09 Å². The van der Waals surface area contributed by atoms with Crippen LogP contribution in [0.5, 0.6) is 0 Å². The van der Waals surface area contributed by atoms with E-state index >= 15 is 0 Å². The number of carbonyl (C=O) groups is 3. The minimum absolute atomic E-state index is 0.106. The lowest BCUT2D eigenvalue weighted by Crippen LogP contribution is -2.55. The van der Waals surface area contributed by atoms with Gasteiger partial charge in [-0.3, -0.25) is 14.5 Å². The molecular weight excluding hydrogens is 587 g/mol. The molecule has 3 heterocycles. The number of ether oxygens (including phenoxy) is 1. The van der Waals surface area contributed by atoms with Crippen molar-refractivity contribution in [2.75, 3.05) is 19.0 Å². The van der Waals surface area contributed by atoms with E-state index in [4.69, 9.17) is 16.3 Å². The van der Waals surface area contributed by atoms with Gasteiger partial charge in [-0.15, -0.1) is 0 Å². The third kappa shape index (κ3) is 5.36. The number of anilines is 1. The van der Waals surface area contributed by atoms with Gasteiger partial charge in [0.25, 0.3) is 5.91 Å². The van der Waals surface area contributed by atoms with Crippen molar-refractivity contribution in [3.63, 3.8) is 0 Å². The highest BCUT2D eigenvalue weighted by Crippen LogP contribution is 2.42. The second kappa shape index (κ2) is 11.2. The Labute approximate surface area is 239 Å². The van der Waals surface area contributed by atoms with Crippen LogP contribution in [0.1, 0.15) is 48.9 Å². The first kappa shape index (κ1) is 29.2. The maximum Gasteiger partial charge on any atom is 0.410 e. The van der Waals surface area contributed by atoms with Crippen LogP contribution in [0.3, 0.4) is 0 Å². The fourth-order valence-electron chi connectivity index (χ4n) is 6.14. The molecule has 5 rings (SSSR count). The molecule has 2 bridgehead atoms. The highest BCUT2D eigenvalue weighted by atomic mass is 35.5. The molecule has 0 spiro atoms. The second-order valence-corrected chi connectivity index (χ2v) is 13.0. The number of rotatable bonds is 5. The van der Waals surface area contributed by atoms with Crippen LogP contribution >= 0.6 is 11.6 Å². The Morgan fingerprint density at radius 1 is 1.00 bits per heavy atom. The van der Waals surface area contributed by atoms with Gasteiger partial charge in [0, 0.05) is 42.0 Å². The molecule has 0 aromatic heterocycles. The average molecular weight is 614 g/mol. The molecule has 3 atom stereocenters. The summed E-state index contributed by atoms with van der Waals surface area (Å²) in [6.45, 7) is 0.413. The number of fused-ring (bicyclic) bond motifs is 2. The van der Waals surface area contributed by atoms with Crippen LogP contribution in [0, 0.1) is 17.5 Å². The number of methoxy groups -OCH3 is 1. The smallest absolute Gasteiger partial charge is 0.410 e. The second-order valence-electron chi connectivity index (χ2n) is 10.4. The molecule has 41 heavy (non-hydrogen) atoms. The number of nitrogens with one attached hydrogen (secondary N) is 1. The van der Waals surface area contributed by atoms with Gasteiger partial charge in [0.2, 0.25) is 5.91 Å². The Kier molecular flexibility index (Phi) is 7.94. The zero-order valence-electron chi connectivity index (χ0n) is 21.9. The summed E-state index contributed by atoms with van der Waals surface area (Å²) < 4.78 is 72.7. The third-order valence-electron chi connectivity index (χ3n) is 8.07. The molecule has 2 aromatic carbocycles. The Morgan fingerprint density at radius 3 is 2.24 bits per heavy atom. The van der Waals surface area contributed by atoms with Gasteiger partial charge in [-0.05, 0) is 56.7 Å². The summed E-state index contributed by atoms with van der Waals surface area (Å²) in [5.74, 6) is -5.76. The first-order valence-electron chi connectivity index (χ1n) is 13.1. The number of piperidine rings is 1. The largest absolute Gasteiger partial charge is 0.453 e. The van der Waals surface area contributed by atoms with Crippen LogP contribution in [-0.2, 0) is 19.4 Å². The summed E-state index contributed by atoms with van der Waals surface area (Å²) in [6, 6.07) is 3.47. The van der Waals surface area contributed by atoms with Gasteiger partial charge in [0.15, 0.2) is 27.3 Å². The zero-order valence-corrected chi connectivity index (χ0v) is 23.5. The predicted octanol–water partition coefficient (Wildman–Crippen LogP) is 4.54. The third-order valence-corrected chi connectivity index (χ3v) is 10.7. The summed E-state index contributed by atoms with van der Waals surface area (Å²) in [7, 11) is -2.81. The quantitative estimate of drug-likeness (QED) is 0.496. The molecule has 3 aliphatic rings. The van der Waals surface area contributed by atoms with E-state index in [-0.39, 0.29) is 52.0 Å². The molecule has 3 amide bonds. The minimum atomic E-state index is -4.07. The molecule has 0 aliphatic carbocycles. The number of likely N-dealkylation sites (tertiary alicyclic amines) is 1. The molecule has 9 nitrogen and oxygen atoms in total. The van der Waals surface area contributed by atoms with Crippen LogP contribution in [0.15, 0.2) is 35.2 Å². The van der Waals surface area contributed by atoms with E-state index in [9.17, 15) is 36.0 Å². The first-order valence-corrected chi connectivity index (χ1v) is 15.0. The van der Waals surface area contributed by atoms with Gasteiger partial charge in [-0.1, -0.05) is 11.6 Å². The number of hydrogen-bond donors (Lipinski definition) is 1. The van der Waals surface area contributed by atoms with Gasteiger partial charge in [0.05, 0.1) is 22.3 Å². The summed E-state index contributed by atoms with van der Waals surface area (Å²) >= 11 is 6.27. The van der Waals surface area contributed by atoms with Crippen LogP contribution in [0.4, 0.5) is 23.7 Å². The summed E-state index contributed by atoms with van der Waals surface area (Å²) in [5.41, 5.74) is -0.495. The molecular formula is C27H27ClF3N3O6S. The van der Waals surface area contributed by atoms with E-state index in [1.54, 1.807) is 4.90 Å². The summed E-state index contributed by atoms with van der Waals surface area (Å²) in [5, 5.41) is 1.24. The maximum atomic E-state index is 13.8. The van der Waals surface area contributed by atoms with Crippen LogP contribution < -0.4 is 5.32 Å². The maximum absolute atomic E-state index is 13.8. The zero-order chi connectivity index (χ0) is 29.6. The lowest BCUT2D eigenvalue weighted by molar-refractivity contribution is -0.139. The molecule has 3 aliphatic heterocycles. The molecule has 2 aromatic rings. The first-order chi connectivity index (χ1) is 19.4. The van der Waals surface area contributed by atoms with Gasteiger partial charge in [0.1, 0.15) is 6.04 Å². The van der Waals surface area contributed by atoms with Gasteiger partial charge in [-0.25, -0.2) is 26.4 Å². The van der Waals surface area contributed by atoms with Crippen molar-refractivity contribution in [1.29, 1.82) is 0 Å². The molecule has 0 radical (unpaired) electrons. The van der Waals surface area contributed by atoms with Crippen LogP contribution in [-0.4, -0.2) is 73.2 Å². The van der Waals surface area contributed by atoms with E-state index in [2.05, 4.69) is 5.32 Å². The number of halogens is 4. The van der Waals surface area contributed by atoms with Crippen molar-refractivity contribution < 1.29 is 40.7 Å². The fraction of sp³-hybridized carbons (Fsp3) is 0.444. The Bertz CT molecular complexity index is 1490. The summed E-state index contributed by atoms with van der Waals surface area (Å²) in [6.07, 6.45) is 2.17. The van der Waals surface area contributed by atoms with E-state index in [0.29, 0.717) is 44.4 Å². The molecule has 2 unspecified atom stereocenters. The monoisotopic (exact) mass is 613 g/mol. The molecule has 14 heteroatoms. The standard InChI is InChI=1S/C27H27ClF3N3O6S/c1-40-27(37)33-8-2-3-22(33)26(36)34-16-5-6-17(34)13-18(12-16)41(38,39)23-9-14(4-7-19(23)28)25(35)32-15-10-20(29)24(31)21(30)11-15/h4,7,9-11,16-18,22H,2-3,5-6,8,12-13H2,1H3,(H,32,35)/t16?,17?,18?,22-/m0/s1. The van der Waals surface area contributed by atoms with Crippen molar-refractivity contribution in [3.8, 4) is 0 Å². The normalized spacial score (nSPS) is 23.9. The van der Waals surface area contributed by atoms with Gasteiger partial charge < -0.3 is 15.0 Å². The Morgan fingerprint density at radius 2 is 1.63 bits per heavy atom. The SMILES string of the molecule is COC(=O)N1CCC[C@H]1C(=O)N1C2CCC1CC(S(=O)(=O)c1cc(C(=O)Nc3cc(F)c(F)c(F)c3)ccc1Cl)C2. The molecule has 3 fully saturated rings. The van der Waals surface area contributed by atoms with Crippen molar-refractivity contribution in [2.24, 2.45) is 0 Å². The lowest BCUT2D eigenvalue weighted by atomic mass is 10.0. The lowest BCUT2D eigenvalue weighted by Gasteiger charge is -2.41. The molecule has 3 saturated heterocycles. The van der Waals surface area contributed by atoms with Crippen LogP contribution in [0.2, 0.25) is 5.02 Å². The number of hydrogen-bond acceptors (Lipinski definition) is 6. The number of sulfone groups is 1. The van der Waals surface area contributed by atoms with Crippen molar-refractivity contribution in [1.82, 2.24) is 9.80 Å². The molecule has 1 N–H and O–H groups in total. The van der Waals surface area contributed by atoms with Crippen molar-refractivity contribution in [2.45, 2.75) is 66.8 Å². The Balaban J connectivity index is 1.34. The van der Waals surface area contributed by atoms with Crippen molar-refractivity contribution in [3.05, 3.63) is 58.4 Å². The minimum Gasteiger partial charge on any atom is -0.453 e. The average Bonchev–Trinajstić information content (AvgIpc) is 3.53. The van der Waals surface area contributed by atoms with E-state index in [1.807, 2.05) is 0 Å².